The van der Waals surface area contributed by atoms with Crippen molar-refractivity contribution in [3.8, 4) is 0 Å². The molecule has 0 aromatic heterocycles. The highest BCUT2D eigenvalue weighted by Crippen LogP contribution is 2.37. The van der Waals surface area contributed by atoms with Crippen LogP contribution >= 0.6 is 0 Å². The molecule has 0 heterocycles. The molecule has 0 saturated heterocycles. The lowest BCUT2D eigenvalue weighted by Crippen LogP contribution is -2.11. The van der Waals surface area contributed by atoms with E-state index in [0.717, 1.165) is 0 Å². The lowest BCUT2D eigenvalue weighted by Gasteiger charge is -2.23. The van der Waals surface area contributed by atoms with E-state index in [4.69, 9.17) is 0 Å². The normalized spacial score (nSPS) is 12.1. The van der Waals surface area contributed by atoms with Gasteiger partial charge in [-0.15, -0.1) is 0 Å². The zero-order valence-corrected chi connectivity index (χ0v) is 25.8. The SMILES string of the molecule is CCCCCCCCCCCc1c2ccccc2c(CCCCCCCCC)c2ccc(C(C)(C)C)cc12. The van der Waals surface area contributed by atoms with E-state index in [9.17, 15) is 0 Å². The van der Waals surface area contributed by atoms with E-state index in [1.807, 2.05) is 0 Å². The molecule has 0 aliphatic rings. The second-order valence-corrected chi connectivity index (χ2v) is 13.0. The molecule has 0 aliphatic heterocycles. The number of benzene rings is 3. The Morgan fingerprint density at radius 2 is 0.842 bits per heavy atom. The maximum atomic E-state index is 2.55. The van der Waals surface area contributed by atoms with Crippen LogP contribution in [0.25, 0.3) is 21.5 Å². The molecule has 0 amide bonds. The minimum atomic E-state index is 0.174. The predicted octanol–water partition coefficient (Wildman–Crippen LogP) is 12.7. The van der Waals surface area contributed by atoms with Gasteiger partial charge in [0.1, 0.15) is 0 Å². The zero-order chi connectivity index (χ0) is 27.2. The summed E-state index contributed by atoms with van der Waals surface area (Å²) in [5.41, 5.74) is 4.84. The summed E-state index contributed by atoms with van der Waals surface area (Å²) in [4.78, 5) is 0. The molecule has 0 spiro atoms. The smallest absolute Gasteiger partial charge is 0.0132 e. The minimum Gasteiger partial charge on any atom is -0.0654 e. The summed E-state index contributed by atoms with van der Waals surface area (Å²) in [6, 6.07) is 16.8. The molecule has 0 unspecified atom stereocenters. The maximum Gasteiger partial charge on any atom is -0.0132 e. The Labute approximate surface area is 236 Å². The average Bonchev–Trinajstić information content (AvgIpc) is 2.91. The Morgan fingerprint density at radius 3 is 1.29 bits per heavy atom. The van der Waals surface area contributed by atoms with Gasteiger partial charge in [0.25, 0.3) is 0 Å². The fourth-order valence-corrected chi connectivity index (χ4v) is 6.23. The molecule has 0 heteroatoms. The average molecular weight is 515 g/mol. The number of aryl methyl sites for hydroxylation is 2. The Kier molecular flexibility index (Phi) is 13.2. The fourth-order valence-electron chi connectivity index (χ4n) is 6.23. The van der Waals surface area contributed by atoms with Crippen LogP contribution in [0.2, 0.25) is 0 Å². The van der Waals surface area contributed by atoms with Crippen LogP contribution in [0, 0.1) is 0 Å². The standard InChI is InChI=1S/C38H58/c1-6-8-10-12-14-15-17-19-21-25-35-33-27-23-22-26-32(33)34(24-20-18-16-13-11-9-7-2)36-29-28-31(30-37(35)36)38(3,4)5/h22-23,26-30H,6-21,24-25H2,1-5H3. The molecule has 0 bridgehead atoms. The van der Waals surface area contributed by atoms with Crippen LogP contribution in [0.15, 0.2) is 42.5 Å². The van der Waals surface area contributed by atoms with Gasteiger partial charge in [0, 0.05) is 0 Å². The molecule has 0 saturated carbocycles. The molecule has 38 heavy (non-hydrogen) atoms. The van der Waals surface area contributed by atoms with Crippen LogP contribution in [0.4, 0.5) is 0 Å². The van der Waals surface area contributed by atoms with Gasteiger partial charge in [0.15, 0.2) is 0 Å². The van der Waals surface area contributed by atoms with Gasteiger partial charge in [-0.2, -0.15) is 0 Å². The van der Waals surface area contributed by atoms with Crippen molar-refractivity contribution in [3.63, 3.8) is 0 Å². The van der Waals surface area contributed by atoms with Crippen LogP contribution in [0.5, 0.6) is 0 Å². The second kappa shape index (κ2) is 16.3. The molecule has 0 fully saturated rings. The molecule has 3 aromatic carbocycles. The summed E-state index contributed by atoms with van der Waals surface area (Å²) < 4.78 is 0. The highest BCUT2D eigenvalue weighted by atomic mass is 14.2. The quantitative estimate of drug-likeness (QED) is 0.117. The first kappa shape index (κ1) is 30.7. The van der Waals surface area contributed by atoms with Gasteiger partial charge < -0.3 is 0 Å². The number of unbranched alkanes of at least 4 members (excludes halogenated alkanes) is 14. The van der Waals surface area contributed by atoms with Crippen molar-refractivity contribution < 1.29 is 0 Å². The second-order valence-electron chi connectivity index (χ2n) is 13.0. The van der Waals surface area contributed by atoms with Crippen LogP contribution < -0.4 is 0 Å². The Morgan fingerprint density at radius 1 is 0.447 bits per heavy atom. The number of hydrogen-bond donors (Lipinski definition) is 0. The van der Waals surface area contributed by atoms with Gasteiger partial charge in [0.2, 0.25) is 0 Å². The van der Waals surface area contributed by atoms with E-state index in [0.29, 0.717) is 0 Å². The van der Waals surface area contributed by atoms with E-state index in [2.05, 4.69) is 77.1 Å². The van der Waals surface area contributed by atoms with E-state index in [-0.39, 0.29) is 5.41 Å². The van der Waals surface area contributed by atoms with Crippen molar-refractivity contribution in [2.24, 2.45) is 0 Å². The molecule has 0 N–H and O–H groups in total. The minimum absolute atomic E-state index is 0.174. The van der Waals surface area contributed by atoms with Gasteiger partial charge in [-0.3, -0.25) is 0 Å². The molecule has 0 nitrogen and oxygen atoms in total. The van der Waals surface area contributed by atoms with Gasteiger partial charge in [0.05, 0.1) is 0 Å². The molecule has 210 valence electrons. The fraction of sp³-hybridized carbons (Fsp3) is 0.632. The molecule has 0 radical (unpaired) electrons. The summed E-state index contributed by atoms with van der Waals surface area (Å²) >= 11 is 0. The van der Waals surface area contributed by atoms with Crippen molar-refractivity contribution in [2.75, 3.05) is 0 Å². The van der Waals surface area contributed by atoms with Crippen LogP contribution in [0.1, 0.15) is 154 Å². The maximum absolute atomic E-state index is 2.55. The molecule has 0 atom stereocenters. The van der Waals surface area contributed by atoms with Crippen molar-refractivity contribution in [3.05, 3.63) is 59.2 Å². The predicted molar refractivity (Wildman–Crippen MR) is 173 cm³/mol. The van der Waals surface area contributed by atoms with Crippen molar-refractivity contribution in [2.45, 2.75) is 156 Å². The highest BCUT2D eigenvalue weighted by molar-refractivity contribution is 6.06. The Bertz CT molecular complexity index is 1080. The summed E-state index contributed by atoms with van der Waals surface area (Å²) in [5, 5.41) is 6.09. The summed E-state index contributed by atoms with van der Waals surface area (Å²) in [6.45, 7) is 11.7. The molecule has 3 aromatic rings. The summed E-state index contributed by atoms with van der Waals surface area (Å²) in [6.07, 6.45) is 24.5. The van der Waals surface area contributed by atoms with Gasteiger partial charge in [-0.05, 0) is 69.3 Å². The third-order valence-corrected chi connectivity index (χ3v) is 8.67. The van der Waals surface area contributed by atoms with Gasteiger partial charge in [-0.1, -0.05) is 167 Å². The number of rotatable bonds is 18. The third-order valence-electron chi connectivity index (χ3n) is 8.67. The Balaban J connectivity index is 1.80. The van der Waals surface area contributed by atoms with Crippen LogP contribution in [-0.4, -0.2) is 0 Å². The van der Waals surface area contributed by atoms with Crippen molar-refractivity contribution in [1.82, 2.24) is 0 Å². The van der Waals surface area contributed by atoms with Crippen molar-refractivity contribution in [1.29, 1.82) is 0 Å². The zero-order valence-electron chi connectivity index (χ0n) is 25.8. The lowest BCUT2D eigenvalue weighted by atomic mass is 9.82. The molecule has 0 aliphatic carbocycles. The van der Waals surface area contributed by atoms with Crippen LogP contribution in [-0.2, 0) is 18.3 Å². The first-order valence-corrected chi connectivity index (χ1v) is 16.4. The van der Waals surface area contributed by atoms with Crippen LogP contribution in [0.3, 0.4) is 0 Å². The van der Waals surface area contributed by atoms with Gasteiger partial charge in [-0.25, -0.2) is 0 Å². The third kappa shape index (κ3) is 9.14. The lowest BCUT2D eigenvalue weighted by molar-refractivity contribution is 0.565. The van der Waals surface area contributed by atoms with E-state index in [1.54, 1.807) is 11.1 Å². The van der Waals surface area contributed by atoms with E-state index >= 15 is 0 Å². The number of fused-ring (bicyclic) bond motifs is 2. The Hall–Kier alpha value is -1.82. The largest absolute Gasteiger partial charge is 0.0654 e. The first-order chi connectivity index (χ1) is 18.5. The van der Waals surface area contributed by atoms with E-state index < -0.39 is 0 Å². The van der Waals surface area contributed by atoms with Crippen molar-refractivity contribution >= 4 is 21.5 Å². The molecular weight excluding hydrogens is 456 g/mol. The summed E-state index contributed by atoms with van der Waals surface area (Å²) in [7, 11) is 0. The molecule has 3 rings (SSSR count). The highest BCUT2D eigenvalue weighted by Gasteiger charge is 2.18. The summed E-state index contributed by atoms with van der Waals surface area (Å²) in [5.74, 6) is 0. The number of hydrogen-bond acceptors (Lipinski definition) is 0. The van der Waals surface area contributed by atoms with Gasteiger partial charge >= 0.3 is 0 Å². The molecular formula is C38H58. The van der Waals surface area contributed by atoms with E-state index in [1.165, 1.54) is 143 Å². The first-order valence-electron chi connectivity index (χ1n) is 16.4. The topological polar surface area (TPSA) is 0 Å². The monoisotopic (exact) mass is 514 g/mol.